The molecule has 0 aromatic heterocycles. The van der Waals surface area contributed by atoms with Crippen molar-refractivity contribution in [1.29, 1.82) is 0 Å². The highest BCUT2D eigenvalue weighted by Crippen LogP contribution is 2.35. The molecule has 1 aliphatic heterocycles. The van der Waals surface area contributed by atoms with Crippen LogP contribution in [0.4, 0.5) is 0 Å². The van der Waals surface area contributed by atoms with Gasteiger partial charge in [-0.05, 0) is 38.3 Å². The summed E-state index contributed by atoms with van der Waals surface area (Å²) in [4.78, 5) is 0. The van der Waals surface area contributed by atoms with Crippen molar-refractivity contribution in [1.82, 2.24) is 0 Å². The summed E-state index contributed by atoms with van der Waals surface area (Å²) in [6, 6.07) is 6.04. The molecule has 0 amide bonds. The summed E-state index contributed by atoms with van der Waals surface area (Å²) in [5, 5.41) is 0. The van der Waals surface area contributed by atoms with Crippen molar-refractivity contribution in [2.24, 2.45) is 0 Å². The zero-order valence-electron chi connectivity index (χ0n) is 8.96. The lowest BCUT2D eigenvalue weighted by atomic mass is 9.94. The fourth-order valence-corrected chi connectivity index (χ4v) is 1.75. The van der Waals surface area contributed by atoms with Crippen molar-refractivity contribution in [3.8, 4) is 11.5 Å². The number of rotatable bonds is 1. The molecule has 14 heavy (non-hydrogen) atoms. The van der Waals surface area contributed by atoms with Gasteiger partial charge in [-0.1, -0.05) is 6.07 Å². The molecule has 1 heterocycles. The Labute approximate surface area is 84.8 Å². The summed E-state index contributed by atoms with van der Waals surface area (Å²) in [5.41, 5.74) is 1.24. The van der Waals surface area contributed by atoms with Gasteiger partial charge in [0.05, 0.1) is 7.11 Å². The normalized spacial score (nSPS) is 18.2. The summed E-state index contributed by atoms with van der Waals surface area (Å²) in [6.45, 7) is 4.24. The highest BCUT2D eigenvalue weighted by molar-refractivity contribution is 5.42. The molecule has 1 aromatic rings. The first-order valence-electron chi connectivity index (χ1n) is 4.97. The number of benzene rings is 1. The van der Waals surface area contributed by atoms with E-state index in [1.165, 1.54) is 5.56 Å². The van der Waals surface area contributed by atoms with Crippen molar-refractivity contribution in [2.45, 2.75) is 32.3 Å². The van der Waals surface area contributed by atoms with Crippen LogP contribution in [0.15, 0.2) is 18.2 Å². The van der Waals surface area contributed by atoms with Gasteiger partial charge in [-0.3, -0.25) is 0 Å². The van der Waals surface area contributed by atoms with Gasteiger partial charge in [-0.25, -0.2) is 0 Å². The van der Waals surface area contributed by atoms with Gasteiger partial charge in [-0.2, -0.15) is 0 Å². The minimum atomic E-state index is -0.0423. The van der Waals surface area contributed by atoms with Gasteiger partial charge in [0.1, 0.15) is 17.1 Å². The van der Waals surface area contributed by atoms with E-state index in [1.807, 2.05) is 12.1 Å². The van der Waals surface area contributed by atoms with Crippen LogP contribution >= 0.6 is 0 Å². The lowest BCUT2D eigenvalue weighted by Crippen LogP contribution is -2.32. The third-order valence-corrected chi connectivity index (χ3v) is 2.66. The van der Waals surface area contributed by atoms with E-state index in [0.29, 0.717) is 0 Å². The lowest BCUT2D eigenvalue weighted by Gasteiger charge is -2.32. The molecule has 0 fully saturated rings. The van der Waals surface area contributed by atoms with Crippen LogP contribution in [0.3, 0.4) is 0 Å². The fraction of sp³-hybridized carbons (Fsp3) is 0.500. The fourth-order valence-electron chi connectivity index (χ4n) is 1.75. The number of methoxy groups -OCH3 is 1. The van der Waals surface area contributed by atoms with Crippen molar-refractivity contribution >= 4 is 0 Å². The maximum Gasteiger partial charge on any atom is 0.126 e. The molecule has 0 aliphatic carbocycles. The number of hydrogen-bond donors (Lipinski definition) is 0. The Morgan fingerprint density at radius 3 is 2.86 bits per heavy atom. The summed E-state index contributed by atoms with van der Waals surface area (Å²) in [5.74, 6) is 1.84. The zero-order chi connectivity index (χ0) is 10.2. The van der Waals surface area contributed by atoms with Gasteiger partial charge < -0.3 is 9.47 Å². The Balaban J connectivity index is 2.34. The molecule has 0 radical (unpaired) electrons. The van der Waals surface area contributed by atoms with Crippen LogP contribution < -0.4 is 9.47 Å². The van der Waals surface area contributed by atoms with E-state index in [4.69, 9.17) is 9.47 Å². The first-order valence-corrected chi connectivity index (χ1v) is 4.97. The molecule has 2 nitrogen and oxygen atoms in total. The van der Waals surface area contributed by atoms with Crippen LogP contribution in [-0.4, -0.2) is 12.7 Å². The topological polar surface area (TPSA) is 18.5 Å². The predicted octanol–water partition coefficient (Wildman–Crippen LogP) is 2.80. The smallest absolute Gasteiger partial charge is 0.126 e. The van der Waals surface area contributed by atoms with Gasteiger partial charge in [0.2, 0.25) is 0 Å². The van der Waals surface area contributed by atoms with E-state index < -0.39 is 0 Å². The number of aryl methyl sites for hydroxylation is 1. The average Bonchev–Trinajstić information content (AvgIpc) is 2.15. The Hall–Kier alpha value is -1.18. The molecule has 2 rings (SSSR count). The molecular weight excluding hydrogens is 176 g/mol. The predicted molar refractivity (Wildman–Crippen MR) is 56.0 cm³/mol. The van der Waals surface area contributed by atoms with Gasteiger partial charge >= 0.3 is 0 Å². The van der Waals surface area contributed by atoms with Crippen LogP contribution in [0.1, 0.15) is 25.8 Å². The van der Waals surface area contributed by atoms with E-state index in [1.54, 1.807) is 7.11 Å². The molecule has 0 spiro atoms. The number of fused-ring (bicyclic) bond motifs is 1. The Morgan fingerprint density at radius 1 is 1.36 bits per heavy atom. The first kappa shape index (κ1) is 9.38. The molecule has 0 atom stereocenters. The summed E-state index contributed by atoms with van der Waals surface area (Å²) < 4.78 is 11.1. The lowest BCUT2D eigenvalue weighted by molar-refractivity contribution is 0.0843. The maximum atomic E-state index is 5.88. The number of hydrogen-bond acceptors (Lipinski definition) is 2. The third kappa shape index (κ3) is 1.69. The molecule has 1 aromatic carbocycles. The van der Waals surface area contributed by atoms with Crippen LogP contribution in [0, 0.1) is 0 Å². The Morgan fingerprint density at radius 2 is 2.14 bits per heavy atom. The molecule has 0 N–H and O–H groups in total. The molecular formula is C12H16O2. The molecule has 0 saturated carbocycles. The molecule has 1 aliphatic rings. The largest absolute Gasteiger partial charge is 0.497 e. The maximum absolute atomic E-state index is 5.88. The second-order valence-corrected chi connectivity index (χ2v) is 4.34. The molecule has 0 saturated heterocycles. The van der Waals surface area contributed by atoms with Crippen molar-refractivity contribution in [3.05, 3.63) is 23.8 Å². The van der Waals surface area contributed by atoms with E-state index in [9.17, 15) is 0 Å². The third-order valence-electron chi connectivity index (χ3n) is 2.66. The van der Waals surface area contributed by atoms with Gasteiger partial charge in [0, 0.05) is 6.07 Å². The standard InChI is InChI=1S/C12H16O2/c1-12(2)7-6-9-4-5-10(13-3)8-11(9)14-12/h4-5,8H,6-7H2,1-3H3. The highest BCUT2D eigenvalue weighted by atomic mass is 16.5. The second kappa shape index (κ2) is 3.19. The highest BCUT2D eigenvalue weighted by Gasteiger charge is 2.26. The van der Waals surface area contributed by atoms with E-state index in [2.05, 4.69) is 19.9 Å². The molecule has 2 heteroatoms. The SMILES string of the molecule is COc1ccc2c(c1)OC(C)(C)CC2. The van der Waals surface area contributed by atoms with Gasteiger partial charge in [-0.15, -0.1) is 0 Å². The monoisotopic (exact) mass is 192 g/mol. The summed E-state index contributed by atoms with van der Waals surface area (Å²) in [6.07, 6.45) is 2.17. The van der Waals surface area contributed by atoms with Gasteiger partial charge in [0.25, 0.3) is 0 Å². The Bertz CT molecular complexity index is 342. The second-order valence-electron chi connectivity index (χ2n) is 4.34. The van der Waals surface area contributed by atoms with Crippen molar-refractivity contribution < 1.29 is 9.47 Å². The first-order chi connectivity index (χ1) is 6.61. The summed E-state index contributed by atoms with van der Waals surface area (Å²) in [7, 11) is 1.68. The summed E-state index contributed by atoms with van der Waals surface area (Å²) >= 11 is 0. The minimum absolute atomic E-state index is 0.0423. The molecule has 76 valence electrons. The van der Waals surface area contributed by atoms with Crippen LogP contribution in [0.2, 0.25) is 0 Å². The van der Waals surface area contributed by atoms with Gasteiger partial charge in [0.15, 0.2) is 0 Å². The minimum Gasteiger partial charge on any atom is -0.497 e. The Kier molecular flexibility index (Phi) is 2.14. The number of ether oxygens (including phenoxy) is 2. The van der Waals surface area contributed by atoms with Crippen LogP contribution in [0.5, 0.6) is 11.5 Å². The quantitative estimate of drug-likeness (QED) is 0.681. The van der Waals surface area contributed by atoms with E-state index >= 15 is 0 Å². The molecule has 0 unspecified atom stereocenters. The van der Waals surface area contributed by atoms with Crippen molar-refractivity contribution in [3.63, 3.8) is 0 Å². The molecule has 0 bridgehead atoms. The van der Waals surface area contributed by atoms with Crippen molar-refractivity contribution in [2.75, 3.05) is 7.11 Å². The van der Waals surface area contributed by atoms with Crippen LogP contribution in [0.25, 0.3) is 0 Å². The average molecular weight is 192 g/mol. The van der Waals surface area contributed by atoms with E-state index in [-0.39, 0.29) is 5.60 Å². The van der Waals surface area contributed by atoms with Crippen LogP contribution in [-0.2, 0) is 6.42 Å². The van der Waals surface area contributed by atoms with E-state index in [0.717, 1.165) is 24.3 Å². The zero-order valence-corrected chi connectivity index (χ0v) is 8.96.